The molecule has 1 aromatic rings. The fourth-order valence-corrected chi connectivity index (χ4v) is 2.31. The van der Waals surface area contributed by atoms with Gasteiger partial charge >= 0.3 is 0 Å². The molecular formula is C19H30N2O5. The summed E-state index contributed by atoms with van der Waals surface area (Å²) in [6.45, 7) is 10.9. The third-order valence-electron chi connectivity index (χ3n) is 3.26. The quantitative estimate of drug-likeness (QED) is 0.628. The first-order valence-electron chi connectivity index (χ1n) is 9.06. The molecule has 0 bridgehead atoms. The van der Waals surface area contributed by atoms with E-state index in [0.717, 1.165) is 0 Å². The lowest BCUT2D eigenvalue weighted by Gasteiger charge is -2.17. The Labute approximate surface area is 155 Å². The van der Waals surface area contributed by atoms with Crippen LogP contribution in [0.3, 0.4) is 0 Å². The normalized spacial score (nSPS) is 10.4. The van der Waals surface area contributed by atoms with Crippen molar-refractivity contribution in [3.8, 4) is 17.2 Å². The van der Waals surface area contributed by atoms with Gasteiger partial charge in [0, 0.05) is 24.6 Å². The van der Waals surface area contributed by atoms with Crippen molar-refractivity contribution >= 4 is 11.8 Å². The number of nitrogens with one attached hydrogen (secondary N) is 2. The second kappa shape index (κ2) is 11.2. The Kier molecular flexibility index (Phi) is 9.33. The number of rotatable bonds is 11. The molecule has 0 heterocycles. The van der Waals surface area contributed by atoms with E-state index in [-0.39, 0.29) is 30.8 Å². The van der Waals surface area contributed by atoms with E-state index in [4.69, 9.17) is 14.2 Å². The maximum atomic E-state index is 12.4. The fraction of sp³-hybridized carbons (Fsp3) is 0.579. The molecule has 0 aliphatic rings. The van der Waals surface area contributed by atoms with E-state index in [0.29, 0.717) is 42.6 Å². The molecule has 1 rings (SSSR count). The monoisotopic (exact) mass is 366 g/mol. The van der Waals surface area contributed by atoms with E-state index in [1.807, 2.05) is 34.6 Å². The summed E-state index contributed by atoms with van der Waals surface area (Å²) in [4.78, 5) is 24.1. The highest BCUT2D eigenvalue weighted by Gasteiger charge is 2.18. The highest BCUT2D eigenvalue weighted by Crippen LogP contribution is 2.39. The van der Waals surface area contributed by atoms with Gasteiger partial charge in [0.25, 0.3) is 5.91 Å². The Morgan fingerprint density at radius 1 is 0.962 bits per heavy atom. The first-order valence-corrected chi connectivity index (χ1v) is 9.06. The summed E-state index contributed by atoms with van der Waals surface area (Å²) in [5.41, 5.74) is 0.393. The molecule has 7 nitrogen and oxygen atoms in total. The van der Waals surface area contributed by atoms with Crippen LogP contribution in [-0.4, -0.2) is 44.2 Å². The van der Waals surface area contributed by atoms with Gasteiger partial charge in [0.05, 0.1) is 19.8 Å². The SMILES string of the molecule is CCOc1cc(C(=O)NCCC(=O)NC(C)C)cc(OCC)c1OCC. The highest BCUT2D eigenvalue weighted by atomic mass is 16.5. The van der Waals surface area contributed by atoms with Crippen LogP contribution in [0.25, 0.3) is 0 Å². The molecule has 0 aromatic heterocycles. The standard InChI is InChI=1S/C19H30N2O5/c1-6-24-15-11-14(12-16(25-7-2)18(15)26-8-3)19(23)20-10-9-17(22)21-13(4)5/h11-13H,6-10H2,1-5H3,(H,20,23)(H,21,22). The minimum Gasteiger partial charge on any atom is -0.490 e. The van der Waals surface area contributed by atoms with Crippen molar-refractivity contribution in [2.75, 3.05) is 26.4 Å². The molecule has 0 spiro atoms. The lowest BCUT2D eigenvalue weighted by molar-refractivity contribution is -0.121. The van der Waals surface area contributed by atoms with E-state index >= 15 is 0 Å². The average molecular weight is 366 g/mol. The van der Waals surface area contributed by atoms with Gasteiger partial charge in [-0.25, -0.2) is 0 Å². The molecule has 0 aliphatic heterocycles. The van der Waals surface area contributed by atoms with Crippen molar-refractivity contribution in [2.45, 2.75) is 47.1 Å². The van der Waals surface area contributed by atoms with Crippen LogP contribution in [0.2, 0.25) is 0 Å². The van der Waals surface area contributed by atoms with Gasteiger partial charge in [-0.1, -0.05) is 0 Å². The van der Waals surface area contributed by atoms with E-state index < -0.39 is 0 Å². The van der Waals surface area contributed by atoms with Crippen molar-refractivity contribution in [2.24, 2.45) is 0 Å². The third-order valence-corrected chi connectivity index (χ3v) is 3.26. The molecule has 0 saturated heterocycles. The Bertz CT molecular complexity index is 575. The molecule has 0 radical (unpaired) electrons. The number of amides is 2. The second-order valence-electron chi connectivity index (χ2n) is 5.83. The zero-order valence-electron chi connectivity index (χ0n) is 16.3. The Morgan fingerprint density at radius 2 is 1.50 bits per heavy atom. The van der Waals surface area contributed by atoms with Gasteiger partial charge in [0.1, 0.15) is 0 Å². The Balaban J connectivity index is 2.89. The molecule has 0 saturated carbocycles. The van der Waals surface area contributed by atoms with Gasteiger partial charge in [-0.3, -0.25) is 9.59 Å². The molecule has 0 atom stereocenters. The van der Waals surface area contributed by atoms with Crippen LogP contribution in [0.1, 0.15) is 51.4 Å². The zero-order valence-corrected chi connectivity index (χ0v) is 16.3. The molecule has 26 heavy (non-hydrogen) atoms. The van der Waals surface area contributed by atoms with Crippen LogP contribution in [0, 0.1) is 0 Å². The largest absolute Gasteiger partial charge is 0.490 e. The van der Waals surface area contributed by atoms with Crippen LogP contribution in [0.15, 0.2) is 12.1 Å². The summed E-state index contributed by atoms with van der Waals surface area (Å²) in [6, 6.07) is 3.33. The molecule has 2 N–H and O–H groups in total. The average Bonchev–Trinajstić information content (AvgIpc) is 2.57. The number of hydrogen-bond acceptors (Lipinski definition) is 5. The maximum Gasteiger partial charge on any atom is 0.251 e. The van der Waals surface area contributed by atoms with Crippen molar-refractivity contribution < 1.29 is 23.8 Å². The third kappa shape index (κ3) is 6.82. The van der Waals surface area contributed by atoms with Crippen molar-refractivity contribution in [1.82, 2.24) is 10.6 Å². The molecule has 2 amide bonds. The van der Waals surface area contributed by atoms with Gasteiger partial charge < -0.3 is 24.8 Å². The second-order valence-corrected chi connectivity index (χ2v) is 5.83. The van der Waals surface area contributed by atoms with Crippen LogP contribution >= 0.6 is 0 Å². The first-order chi connectivity index (χ1) is 12.4. The summed E-state index contributed by atoms with van der Waals surface area (Å²) in [5.74, 6) is 1.01. The van der Waals surface area contributed by atoms with E-state index in [1.54, 1.807) is 12.1 Å². The van der Waals surface area contributed by atoms with E-state index in [1.165, 1.54) is 0 Å². The predicted molar refractivity (Wildman–Crippen MR) is 100 cm³/mol. The minimum absolute atomic E-state index is 0.0758. The molecular weight excluding hydrogens is 336 g/mol. The minimum atomic E-state index is -0.299. The molecule has 0 aliphatic carbocycles. The Hall–Kier alpha value is -2.44. The summed E-state index contributed by atoms with van der Waals surface area (Å²) >= 11 is 0. The predicted octanol–water partition coefficient (Wildman–Crippen LogP) is 2.53. The van der Waals surface area contributed by atoms with Crippen molar-refractivity contribution in [3.05, 3.63) is 17.7 Å². The zero-order chi connectivity index (χ0) is 19.5. The van der Waals surface area contributed by atoms with E-state index in [2.05, 4.69) is 10.6 Å². The van der Waals surface area contributed by atoms with Gasteiger partial charge in [-0.15, -0.1) is 0 Å². The van der Waals surface area contributed by atoms with Crippen molar-refractivity contribution in [3.63, 3.8) is 0 Å². The fourth-order valence-electron chi connectivity index (χ4n) is 2.31. The highest BCUT2D eigenvalue weighted by molar-refractivity contribution is 5.95. The molecule has 1 aromatic carbocycles. The number of carbonyl (C=O) groups excluding carboxylic acids is 2. The lowest BCUT2D eigenvalue weighted by Crippen LogP contribution is -2.34. The number of carbonyl (C=O) groups is 2. The Morgan fingerprint density at radius 3 is 1.96 bits per heavy atom. The summed E-state index contributed by atoms with van der Waals surface area (Å²) in [6.07, 6.45) is 0.220. The van der Waals surface area contributed by atoms with Crippen molar-refractivity contribution in [1.29, 1.82) is 0 Å². The maximum absolute atomic E-state index is 12.4. The molecule has 146 valence electrons. The van der Waals surface area contributed by atoms with Gasteiger partial charge in [-0.2, -0.15) is 0 Å². The number of hydrogen-bond donors (Lipinski definition) is 2. The summed E-state index contributed by atoms with van der Waals surface area (Å²) < 4.78 is 16.8. The molecule has 7 heteroatoms. The van der Waals surface area contributed by atoms with Gasteiger partial charge in [0.15, 0.2) is 11.5 Å². The van der Waals surface area contributed by atoms with Crippen LogP contribution < -0.4 is 24.8 Å². The smallest absolute Gasteiger partial charge is 0.251 e. The number of ether oxygens (including phenoxy) is 3. The molecule has 0 fully saturated rings. The lowest BCUT2D eigenvalue weighted by atomic mass is 10.1. The van der Waals surface area contributed by atoms with Crippen LogP contribution in [0.4, 0.5) is 0 Å². The number of benzene rings is 1. The van der Waals surface area contributed by atoms with Gasteiger partial charge in [-0.05, 0) is 46.8 Å². The summed E-state index contributed by atoms with van der Waals surface area (Å²) in [5, 5.41) is 5.52. The van der Waals surface area contributed by atoms with Gasteiger partial charge in [0.2, 0.25) is 11.7 Å². The topological polar surface area (TPSA) is 85.9 Å². The van der Waals surface area contributed by atoms with E-state index in [9.17, 15) is 9.59 Å². The first kappa shape index (κ1) is 21.6. The molecule has 0 unspecified atom stereocenters. The van der Waals surface area contributed by atoms with Crippen LogP contribution in [0.5, 0.6) is 17.2 Å². The summed E-state index contributed by atoms with van der Waals surface area (Å²) in [7, 11) is 0. The van der Waals surface area contributed by atoms with Crippen LogP contribution in [-0.2, 0) is 4.79 Å².